The molecule has 1 atom stereocenters. The number of aromatic hydroxyl groups is 1. The molecule has 1 unspecified atom stereocenters. The maximum absolute atomic E-state index is 12.2. The van der Waals surface area contributed by atoms with Crippen LogP contribution >= 0.6 is 11.6 Å². The summed E-state index contributed by atoms with van der Waals surface area (Å²) in [6, 6.07) is 10.1. The molecule has 1 aromatic heterocycles. The van der Waals surface area contributed by atoms with E-state index in [1.165, 1.54) is 6.20 Å². The first-order chi connectivity index (χ1) is 13.5. The molecule has 2 N–H and O–H groups in total. The quantitative estimate of drug-likeness (QED) is 0.647. The van der Waals surface area contributed by atoms with E-state index in [0.717, 1.165) is 5.56 Å². The minimum atomic E-state index is -0.589. The molecule has 0 spiro atoms. The first kappa shape index (κ1) is 19.8. The number of phenolic OH excluding ortho intramolecular Hbond substituents is 1. The monoisotopic (exact) mass is 400 g/mol. The number of phenols is 1. The van der Waals surface area contributed by atoms with Crippen LogP contribution in [-0.4, -0.2) is 30.2 Å². The van der Waals surface area contributed by atoms with E-state index in [9.17, 15) is 9.90 Å². The minimum absolute atomic E-state index is 0.00893. The fraction of sp³-hybridized carbons (Fsp3) is 0.238. The predicted molar refractivity (Wildman–Crippen MR) is 108 cm³/mol. The Morgan fingerprint density at radius 1 is 1.18 bits per heavy atom. The zero-order valence-corrected chi connectivity index (χ0v) is 16.6. The van der Waals surface area contributed by atoms with Crippen LogP contribution < -0.4 is 14.8 Å². The second-order valence-corrected chi connectivity index (χ2v) is 6.63. The lowest BCUT2D eigenvalue weighted by Gasteiger charge is -2.22. The highest BCUT2D eigenvalue weighted by molar-refractivity contribution is 6.31. The molecular formula is C21H21ClN2O4. The van der Waals surface area contributed by atoms with E-state index in [1.54, 1.807) is 45.4 Å². The van der Waals surface area contributed by atoms with E-state index in [2.05, 4.69) is 10.3 Å². The summed E-state index contributed by atoms with van der Waals surface area (Å²) in [6.07, 6.45) is 1.79. The number of methoxy groups -OCH3 is 2. The lowest BCUT2D eigenvalue weighted by molar-refractivity contribution is -0.121. The van der Waals surface area contributed by atoms with Crippen LogP contribution in [0.15, 0.2) is 42.6 Å². The van der Waals surface area contributed by atoms with E-state index in [-0.39, 0.29) is 11.7 Å². The number of hydrogen-bond donors (Lipinski definition) is 2. The number of hydrogen-bond acceptors (Lipinski definition) is 5. The summed E-state index contributed by atoms with van der Waals surface area (Å²) in [7, 11) is 3.10. The van der Waals surface area contributed by atoms with Gasteiger partial charge >= 0.3 is 0 Å². The lowest BCUT2D eigenvalue weighted by atomic mass is 9.95. The molecule has 0 saturated carbocycles. The van der Waals surface area contributed by atoms with E-state index in [4.69, 9.17) is 21.1 Å². The van der Waals surface area contributed by atoms with Crippen molar-refractivity contribution in [2.45, 2.75) is 19.4 Å². The summed E-state index contributed by atoms with van der Waals surface area (Å²) in [5, 5.41) is 15.0. The summed E-state index contributed by atoms with van der Waals surface area (Å²) in [6.45, 7) is 1.77. The van der Waals surface area contributed by atoms with Crippen molar-refractivity contribution in [3.8, 4) is 17.2 Å². The van der Waals surface area contributed by atoms with Crippen LogP contribution in [0.3, 0.4) is 0 Å². The molecule has 28 heavy (non-hydrogen) atoms. The molecule has 1 heterocycles. The molecule has 0 bridgehead atoms. The number of nitrogens with one attached hydrogen (secondary N) is 1. The first-order valence-electron chi connectivity index (χ1n) is 8.76. The molecule has 0 aliphatic heterocycles. The molecule has 7 heteroatoms. The summed E-state index contributed by atoms with van der Waals surface area (Å²) in [5.74, 6) is 0.945. The molecule has 0 aliphatic carbocycles. The second kappa shape index (κ2) is 8.35. The van der Waals surface area contributed by atoms with Crippen LogP contribution in [0.4, 0.5) is 0 Å². The third-order valence-electron chi connectivity index (χ3n) is 4.50. The van der Waals surface area contributed by atoms with Gasteiger partial charge in [0.05, 0.1) is 25.3 Å². The van der Waals surface area contributed by atoms with Crippen molar-refractivity contribution in [1.29, 1.82) is 0 Å². The number of rotatable bonds is 6. The molecule has 2 aromatic carbocycles. The number of halogens is 1. The topological polar surface area (TPSA) is 80.7 Å². The van der Waals surface area contributed by atoms with Crippen molar-refractivity contribution >= 4 is 28.4 Å². The zero-order chi connectivity index (χ0) is 20.3. The Kier molecular flexibility index (Phi) is 5.90. The van der Waals surface area contributed by atoms with Crippen molar-refractivity contribution in [3.63, 3.8) is 0 Å². The highest BCUT2D eigenvalue weighted by Gasteiger charge is 2.23. The van der Waals surface area contributed by atoms with Crippen molar-refractivity contribution in [1.82, 2.24) is 10.3 Å². The van der Waals surface area contributed by atoms with Crippen LogP contribution in [0.5, 0.6) is 17.2 Å². The van der Waals surface area contributed by atoms with Gasteiger partial charge in [-0.3, -0.25) is 9.78 Å². The molecule has 0 fully saturated rings. The van der Waals surface area contributed by atoms with Crippen LogP contribution in [0, 0.1) is 0 Å². The average Bonchev–Trinajstić information content (AvgIpc) is 2.71. The van der Waals surface area contributed by atoms with Gasteiger partial charge in [-0.1, -0.05) is 36.7 Å². The largest absolute Gasteiger partial charge is 0.505 e. The van der Waals surface area contributed by atoms with Crippen LogP contribution in [0.1, 0.15) is 30.5 Å². The highest BCUT2D eigenvalue weighted by Crippen LogP contribution is 2.38. The van der Waals surface area contributed by atoms with Crippen molar-refractivity contribution in [3.05, 3.63) is 58.7 Å². The predicted octanol–water partition coefficient (Wildman–Crippen LogP) is 4.23. The molecule has 146 valence electrons. The maximum atomic E-state index is 12.2. The summed E-state index contributed by atoms with van der Waals surface area (Å²) in [5.41, 5.74) is 1.68. The van der Waals surface area contributed by atoms with Gasteiger partial charge in [0.25, 0.3) is 0 Å². The number of benzene rings is 2. The number of carbonyl (C=O) groups excluding carboxylic acids is 1. The molecule has 1 amide bonds. The van der Waals surface area contributed by atoms with Crippen LogP contribution in [0.2, 0.25) is 5.02 Å². The Hall–Kier alpha value is -2.99. The third-order valence-corrected chi connectivity index (χ3v) is 4.71. The van der Waals surface area contributed by atoms with Gasteiger partial charge in [-0.05, 0) is 23.8 Å². The molecule has 6 nitrogen and oxygen atoms in total. The van der Waals surface area contributed by atoms with Crippen LogP contribution in [0.25, 0.3) is 10.9 Å². The zero-order valence-electron chi connectivity index (χ0n) is 15.8. The molecule has 0 radical (unpaired) electrons. The van der Waals surface area contributed by atoms with Gasteiger partial charge in [0.15, 0.2) is 11.5 Å². The Labute approximate surface area is 168 Å². The lowest BCUT2D eigenvalue weighted by Crippen LogP contribution is -2.28. The Balaban J connectivity index is 2.16. The van der Waals surface area contributed by atoms with Gasteiger partial charge in [-0.15, -0.1) is 0 Å². The van der Waals surface area contributed by atoms with E-state index in [0.29, 0.717) is 39.4 Å². The van der Waals surface area contributed by atoms with Gasteiger partial charge in [0, 0.05) is 23.6 Å². The van der Waals surface area contributed by atoms with E-state index in [1.807, 2.05) is 12.1 Å². The number of aromatic nitrogens is 1. The second-order valence-electron chi connectivity index (χ2n) is 6.20. The molecule has 0 aliphatic rings. The first-order valence-corrected chi connectivity index (χ1v) is 9.14. The molecule has 3 rings (SSSR count). The Morgan fingerprint density at radius 2 is 1.93 bits per heavy atom. The van der Waals surface area contributed by atoms with E-state index >= 15 is 0 Å². The fourth-order valence-electron chi connectivity index (χ4n) is 3.04. The molecule has 0 saturated heterocycles. The number of fused-ring (bicyclic) bond motifs is 1. The van der Waals surface area contributed by atoms with E-state index < -0.39 is 6.04 Å². The summed E-state index contributed by atoms with van der Waals surface area (Å²) >= 11 is 5.99. The maximum Gasteiger partial charge on any atom is 0.220 e. The van der Waals surface area contributed by atoms with Crippen molar-refractivity contribution in [2.75, 3.05) is 14.2 Å². The fourth-order valence-corrected chi connectivity index (χ4v) is 3.21. The average molecular weight is 401 g/mol. The minimum Gasteiger partial charge on any atom is -0.505 e. The summed E-state index contributed by atoms with van der Waals surface area (Å²) in [4.78, 5) is 16.4. The SMILES string of the molecule is CCC(=O)NC(c1ccc(OC)c(OC)c1)c1ccc2cc(Cl)cnc2c1O. The number of amides is 1. The van der Waals surface area contributed by atoms with Crippen LogP contribution in [-0.2, 0) is 4.79 Å². The van der Waals surface area contributed by atoms with Gasteiger partial charge in [0.2, 0.25) is 5.91 Å². The normalized spacial score (nSPS) is 11.9. The smallest absolute Gasteiger partial charge is 0.220 e. The van der Waals surface area contributed by atoms with Crippen molar-refractivity contribution < 1.29 is 19.4 Å². The molecule has 3 aromatic rings. The third kappa shape index (κ3) is 3.82. The Morgan fingerprint density at radius 3 is 2.61 bits per heavy atom. The molecular weight excluding hydrogens is 380 g/mol. The van der Waals surface area contributed by atoms with Gasteiger partial charge < -0.3 is 19.9 Å². The number of carbonyl (C=O) groups is 1. The summed E-state index contributed by atoms with van der Waals surface area (Å²) < 4.78 is 10.7. The highest BCUT2D eigenvalue weighted by atomic mass is 35.5. The number of ether oxygens (including phenoxy) is 2. The number of pyridine rings is 1. The standard InChI is InChI=1S/C21H21ClN2O4/c1-4-18(25)24-19(13-6-8-16(27-2)17(10-13)28-3)15-7-5-12-9-14(22)11-23-20(12)21(15)26/h5-11,19,26H,4H2,1-3H3,(H,24,25). The van der Waals surface area contributed by atoms with Gasteiger partial charge in [0.1, 0.15) is 11.3 Å². The Bertz CT molecular complexity index is 1020. The van der Waals surface area contributed by atoms with Gasteiger partial charge in [-0.25, -0.2) is 0 Å². The van der Waals surface area contributed by atoms with Crippen molar-refractivity contribution in [2.24, 2.45) is 0 Å². The number of nitrogens with zero attached hydrogens (tertiary/aromatic N) is 1. The van der Waals surface area contributed by atoms with Gasteiger partial charge in [-0.2, -0.15) is 0 Å².